The first-order valence-corrected chi connectivity index (χ1v) is 22.6. The SMILES string of the molecule is O=[N+]([O-])[O-].O=[N+]([O-])[O-].O=[N+]([O-])[O-].[Au+3].c1ccc(P(CCCP(c2ccccc2)c2ccccc2)c2ccccc2)cc1.c1ccc(P(c2ccccc2)c2ccccc2)cc1. The molecule has 7 rings (SSSR count). The van der Waals surface area contributed by atoms with Gasteiger partial charge in [-0.1, -0.05) is 212 Å². The van der Waals surface area contributed by atoms with Crippen molar-refractivity contribution in [1.29, 1.82) is 0 Å². The molecule has 0 fully saturated rings. The first-order chi connectivity index (χ1) is 29.1. The molecule has 0 saturated carbocycles. The topological polar surface area (TPSA) is 199 Å². The average Bonchev–Trinajstić information content (AvgIpc) is 3.26. The van der Waals surface area contributed by atoms with E-state index in [4.69, 9.17) is 46.0 Å². The van der Waals surface area contributed by atoms with Crippen molar-refractivity contribution in [3.8, 4) is 0 Å². The third-order valence-corrected chi connectivity index (χ3v) is 15.7. The van der Waals surface area contributed by atoms with Gasteiger partial charge in [-0.15, -0.1) is 0 Å². The molecule has 0 aromatic heterocycles. The third-order valence-electron chi connectivity index (χ3n) is 8.08. The Morgan fingerprint density at radius 3 is 0.607 bits per heavy atom. The van der Waals surface area contributed by atoms with Gasteiger partial charge in [-0.3, -0.25) is 0 Å². The van der Waals surface area contributed by atoms with Crippen LogP contribution in [0.25, 0.3) is 0 Å². The predicted octanol–water partition coefficient (Wildman–Crippen LogP) is 8.37. The summed E-state index contributed by atoms with van der Waals surface area (Å²) in [6.07, 6.45) is 3.72. The molecule has 7 aromatic carbocycles. The Balaban J connectivity index is 0.000000343. The van der Waals surface area contributed by atoms with Gasteiger partial charge in [0.25, 0.3) is 0 Å². The van der Waals surface area contributed by atoms with Crippen LogP contribution in [-0.2, 0) is 22.4 Å². The van der Waals surface area contributed by atoms with E-state index in [1.807, 2.05) is 0 Å². The fourth-order valence-corrected chi connectivity index (χ4v) is 13.1. The second-order valence-corrected chi connectivity index (χ2v) is 18.9. The number of hydrogen-bond acceptors (Lipinski definition) is 9. The van der Waals surface area contributed by atoms with Crippen LogP contribution in [0.3, 0.4) is 0 Å². The Kier molecular flexibility index (Phi) is 25.4. The van der Waals surface area contributed by atoms with E-state index in [1.54, 1.807) is 0 Å². The zero-order valence-electron chi connectivity index (χ0n) is 32.5. The fourth-order valence-electron chi connectivity index (χ4n) is 5.81. The van der Waals surface area contributed by atoms with Crippen molar-refractivity contribution in [2.45, 2.75) is 6.42 Å². The van der Waals surface area contributed by atoms with Gasteiger partial charge in [0, 0.05) is 0 Å². The molecule has 316 valence electrons. The molecule has 0 amide bonds. The summed E-state index contributed by atoms with van der Waals surface area (Å²) in [6, 6.07) is 76.6. The smallest absolute Gasteiger partial charge is 0.356 e. The number of benzene rings is 7. The summed E-state index contributed by atoms with van der Waals surface area (Å²) in [6.45, 7) is 0. The summed E-state index contributed by atoms with van der Waals surface area (Å²) in [5.74, 6) is 0. The molecule has 0 unspecified atom stereocenters. The number of nitrogens with zero attached hydrogens (tertiary/aromatic N) is 3. The van der Waals surface area contributed by atoms with E-state index in [0.29, 0.717) is 0 Å². The van der Waals surface area contributed by atoms with Crippen LogP contribution in [0.4, 0.5) is 0 Å². The average molecular weight is 1060 g/mol. The van der Waals surface area contributed by atoms with Gasteiger partial charge in [0.05, 0.1) is 15.3 Å². The van der Waals surface area contributed by atoms with Crippen molar-refractivity contribution in [2.24, 2.45) is 0 Å². The quantitative estimate of drug-likeness (QED) is 0.0529. The second-order valence-electron chi connectivity index (χ2n) is 12.0. The predicted molar refractivity (Wildman–Crippen MR) is 249 cm³/mol. The van der Waals surface area contributed by atoms with Gasteiger partial charge in [0.1, 0.15) is 0 Å². The van der Waals surface area contributed by atoms with E-state index in [9.17, 15) is 0 Å². The van der Waals surface area contributed by atoms with Crippen molar-refractivity contribution < 1.29 is 37.6 Å². The monoisotopic (exact) mass is 1060 g/mol. The second kappa shape index (κ2) is 30.2. The first-order valence-electron chi connectivity index (χ1n) is 18.2. The molecule has 61 heavy (non-hydrogen) atoms. The molecule has 0 aliphatic rings. The van der Waals surface area contributed by atoms with E-state index in [2.05, 4.69) is 212 Å². The molecule has 12 nitrogen and oxygen atoms in total. The van der Waals surface area contributed by atoms with E-state index in [0.717, 1.165) is 0 Å². The van der Waals surface area contributed by atoms with Crippen molar-refractivity contribution in [1.82, 2.24) is 0 Å². The molecule has 0 atom stereocenters. The molecule has 0 N–H and O–H groups in total. The van der Waals surface area contributed by atoms with Crippen LogP contribution < -0.4 is 37.1 Å². The Morgan fingerprint density at radius 1 is 0.295 bits per heavy atom. The summed E-state index contributed by atoms with van der Waals surface area (Å²) in [5.41, 5.74) is 0. The van der Waals surface area contributed by atoms with Crippen molar-refractivity contribution >= 4 is 60.9 Å². The van der Waals surface area contributed by atoms with Gasteiger partial charge >= 0.3 is 22.4 Å². The molecule has 7 aromatic rings. The Bertz CT molecular complexity index is 1930. The maximum absolute atomic E-state index is 8.25. The molecule has 0 aliphatic carbocycles. The van der Waals surface area contributed by atoms with E-state index in [-0.39, 0.29) is 38.2 Å². The number of hydrogen-bond donors (Lipinski definition) is 0. The van der Waals surface area contributed by atoms with Crippen molar-refractivity contribution in [3.05, 3.63) is 258 Å². The molecule has 0 spiro atoms. The summed E-state index contributed by atoms with van der Waals surface area (Å²) in [7, 11) is -1.06. The van der Waals surface area contributed by atoms with Crippen molar-refractivity contribution in [3.63, 3.8) is 0 Å². The van der Waals surface area contributed by atoms with Crippen LogP contribution in [-0.4, -0.2) is 27.6 Å². The number of rotatable bonds is 11. The van der Waals surface area contributed by atoms with Crippen LogP contribution >= 0.6 is 23.8 Å². The van der Waals surface area contributed by atoms with Crippen LogP contribution in [0.1, 0.15) is 6.42 Å². The standard InChI is InChI=1S/C27H26P2.C18H15P.Au.3NO3/c1-5-14-24(15-6-1)28(25-16-7-2-8-17-25)22-13-23-29(26-18-9-3-10-19-26)27-20-11-4-12-21-27;1-4-10-16(11-5-1)19(17-12-6-2-7-13-17)18-14-8-3-9-15-18;;3*2-1(3)4/h1-12,14-21H,13,22-23H2;1-15H;;;;/q;;+3;3*-1. The Morgan fingerprint density at radius 2 is 0.443 bits per heavy atom. The molecule has 0 bridgehead atoms. The molecular weight excluding hydrogens is 1020 g/mol. The van der Waals surface area contributed by atoms with Crippen LogP contribution in [0.2, 0.25) is 0 Å². The zero-order valence-corrected chi connectivity index (χ0v) is 37.3. The maximum atomic E-state index is 8.25. The molecule has 0 radical (unpaired) electrons. The van der Waals surface area contributed by atoms with Gasteiger partial charge in [0.15, 0.2) is 0 Å². The summed E-state index contributed by atoms with van der Waals surface area (Å²) >= 11 is 0. The van der Waals surface area contributed by atoms with Gasteiger partial charge in [-0.05, 0) is 79.6 Å². The van der Waals surface area contributed by atoms with E-state index in [1.165, 1.54) is 55.9 Å². The van der Waals surface area contributed by atoms with Crippen LogP contribution in [0.15, 0.2) is 212 Å². The van der Waals surface area contributed by atoms with Crippen LogP contribution in [0.5, 0.6) is 0 Å². The van der Waals surface area contributed by atoms with Gasteiger partial charge in [-0.2, -0.15) is 0 Å². The Hall–Kier alpha value is -5.83. The third kappa shape index (κ3) is 20.8. The van der Waals surface area contributed by atoms with E-state index >= 15 is 0 Å². The minimum absolute atomic E-state index is 0. The summed E-state index contributed by atoms with van der Waals surface area (Å²) < 4.78 is 0. The normalized spacial score (nSPS) is 9.75. The fraction of sp³-hybridized carbons (Fsp3) is 0.0667. The molecule has 0 saturated heterocycles. The Labute approximate surface area is 373 Å². The first kappa shape index (κ1) is 51.3. The van der Waals surface area contributed by atoms with Gasteiger partial charge in [0.2, 0.25) is 0 Å². The molecular formula is C45H41AuN3O9P3. The van der Waals surface area contributed by atoms with E-state index < -0.39 is 23.2 Å². The largest absolute Gasteiger partial charge is 3.00 e. The van der Waals surface area contributed by atoms with Gasteiger partial charge in [-0.25, -0.2) is 0 Å². The summed E-state index contributed by atoms with van der Waals surface area (Å²) in [5, 5.41) is 54.4. The zero-order chi connectivity index (χ0) is 43.4. The van der Waals surface area contributed by atoms with Crippen LogP contribution in [0, 0.1) is 46.0 Å². The van der Waals surface area contributed by atoms with Crippen molar-refractivity contribution in [2.75, 3.05) is 12.3 Å². The van der Waals surface area contributed by atoms with Gasteiger partial charge < -0.3 is 46.0 Å². The minimum atomic E-state index is -1.75. The molecule has 16 heteroatoms. The minimum Gasteiger partial charge on any atom is -0.356 e. The summed E-state index contributed by atoms with van der Waals surface area (Å²) in [4.78, 5) is 24.8. The molecule has 0 heterocycles. The molecule has 0 aliphatic heterocycles. The maximum Gasteiger partial charge on any atom is 3.00 e.